The van der Waals surface area contributed by atoms with Gasteiger partial charge >= 0.3 is 11.9 Å². The van der Waals surface area contributed by atoms with Crippen molar-refractivity contribution in [3.05, 3.63) is 63.4 Å². The van der Waals surface area contributed by atoms with E-state index in [-0.39, 0.29) is 22.7 Å². The number of hydrogen-bond acceptors (Lipinski definition) is 6. The number of ether oxygens (including phenoxy) is 2. The number of nitrogens with zero attached hydrogens (tertiary/aromatic N) is 2. The molecular weight excluding hydrogens is 463 g/mol. The molecular formula is C19H15IN2O5. The zero-order valence-corrected chi connectivity index (χ0v) is 16.6. The third-order valence-corrected chi connectivity index (χ3v) is 4.78. The molecule has 138 valence electrons. The first-order valence-corrected chi connectivity index (χ1v) is 8.90. The Morgan fingerprint density at radius 3 is 2.26 bits per heavy atom. The fourth-order valence-corrected chi connectivity index (χ4v) is 3.42. The normalized spacial score (nSPS) is 10.5. The molecule has 8 heteroatoms. The van der Waals surface area contributed by atoms with Gasteiger partial charge in [-0.05, 0) is 46.9 Å². The van der Waals surface area contributed by atoms with Crippen LogP contribution in [0.4, 0.5) is 0 Å². The van der Waals surface area contributed by atoms with Gasteiger partial charge in [0.25, 0.3) is 0 Å². The Labute approximate surface area is 168 Å². The number of esters is 2. The molecule has 2 aromatic carbocycles. The summed E-state index contributed by atoms with van der Waals surface area (Å²) in [6.07, 6.45) is 0. The second-order valence-electron chi connectivity index (χ2n) is 5.44. The van der Waals surface area contributed by atoms with Gasteiger partial charge in [-0.3, -0.25) is 0 Å². The Morgan fingerprint density at radius 1 is 1.00 bits per heavy atom. The molecule has 0 unspecified atom stereocenters. The fraction of sp³-hybridized carbons (Fsp3) is 0.105. The molecule has 0 amide bonds. The lowest BCUT2D eigenvalue weighted by Gasteiger charge is -2.07. The van der Waals surface area contributed by atoms with Crippen molar-refractivity contribution in [2.45, 2.75) is 0 Å². The Balaban J connectivity index is 2.42. The van der Waals surface area contributed by atoms with Gasteiger partial charge in [0.1, 0.15) is 17.0 Å². The van der Waals surface area contributed by atoms with Crippen molar-refractivity contribution in [2.24, 2.45) is 0 Å². The fourth-order valence-electron chi connectivity index (χ4n) is 2.68. The van der Waals surface area contributed by atoms with Crippen LogP contribution in [0.5, 0.6) is 5.75 Å². The monoisotopic (exact) mass is 478 g/mol. The van der Waals surface area contributed by atoms with Crippen molar-refractivity contribution in [1.29, 1.82) is 0 Å². The Hall–Kier alpha value is -2.88. The smallest absolute Gasteiger partial charge is 0.357 e. The molecule has 7 nitrogen and oxygen atoms in total. The minimum Gasteiger partial charge on any atom is -0.507 e. The molecule has 0 aliphatic heterocycles. The highest BCUT2D eigenvalue weighted by Gasteiger charge is 2.32. The highest BCUT2D eigenvalue weighted by molar-refractivity contribution is 14.1. The highest BCUT2D eigenvalue weighted by atomic mass is 127. The van der Waals surface area contributed by atoms with Gasteiger partial charge in [-0.2, -0.15) is 5.10 Å². The largest absolute Gasteiger partial charge is 0.507 e. The molecule has 3 aromatic rings. The lowest BCUT2D eigenvalue weighted by atomic mass is 10.0. The number of methoxy groups -OCH3 is 2. The topological polar surface area (TPSA) is 90.6 Å². The van der Waals surface area contributed by atoms with E-state index in [2.05, 4.69) is 5.10 Å². The van der Waals surface area contributed by atoms with Crippen molar-refractivity contribution in [1.82, 2.24) is 9.78 Å². The van der Waals surface area contributed by atoms with Gasteiger partial charge in [0, 0.05) is 3.57 Å². The average molecular weight is 478 g/mol. The Kier molecular flexibility index (Phi) is 5.45. The second kappa shape index (κ2) is 7.78. The molecule has 0 saturated heterocycles. The molecule has 3 rings (SSSR count). The zero-order chi connectivity index (χ0) is 19.6. The SMILES string of the molecule is COC(=O)c1c(-c2c(O)cccc2I)nn(-c2ccccc2)c1C(=O)OC. The highest BCUT2D eigenvalue weighted by Crippen LogP contribution is 2.37. The summed E-state index contributed by atoms with van der Waals surface area (Å²) >= 11 is 2.03. The summed E-state index contributed by atoms with van der Waals surface area (Å²) in [4.78, 5) is 25.1. The number of carbonyl (C=O) groups excluding carboxylic acids is 2. The van der Waals surface area contributed by atoms with E-state index >= 15 is 0 Å². The minimum absolute atomic E-state index is 0.0684. The molecule has 27 heavy (non-hydrogen) atoms. The maximum absolute atomic E-state index is 12.5. The van der Waals surface area contributed by atoms with Crippen LogP contribution in [0, 0.1) is 3.57 Å². The Morgan fingerprint density at radius 2 is 1.67 bits per heavy atom. The van der Waals surface area contributed by atoms with E-state index in [0.29, 0.717) is 14.8 Å². The third kappa shape index (κ3) is 3.39. The number of aromatic nitrogens is 2. The first-order chi connectivity index (χ1) is 13.0. The van der Waals surface area contributed by atoms with E-state index in [1.807, 2.05) is 28.7 Å². The van der Waals surface area contributed by atoms with Crippen LogP contribution >= 0.6 is 22.6 Å². The van der Waals surface area contributed by atoms with E-state index in [1.165, 1.54) is 25.0 Å². The molecule has 0 fully saturated rings. The molecule has 1 N–H and O–H groups in total. The van der Waals surface area contributed by atoms with Crippen LogP contribution in [-0.2, 0) is 9.47 Å². The number of halogens is 1. The molecule has 1 heterocycles. The van der Waals surface area contributed by atoms with Crippen molar-refractivity contribution < 1.29 is 24.2 Å². The number of aromatic hydroxyl groups is 1. The van der Waals surface area contributed by atoms with Gasteiger partial charge in [0.05, 0.1) is 25.5 Å². The number of phenolic OH excluding ortho intramolecular Hbond substituents is 1. The van der Waals surface area contributed by atoms with Gasteiger partial charge < -0.3 is 14.6 Å². The molecule has 0 atom stereocenters. The lowest BCUT2D eigenvalue weighted by Crippen LogP contribution is -2.15. The second-order valence-corrected chi connectivity index (χ2v) is 6.60. The molecule has 0 radical (unpaired) electrons. The van der Waals surface area contributed by atoms with Crippen LogP contribution in [0.15, 0.2) is 48.5 Å². The number of phenols is 1. The summed E-state index contributed by atoms with van der Waals surface area (Å²) in [6, 6.07) is 13.8. The van der Waals surface area contributed by atoms with E-state index in [9.17, 15) is 14.7 Å². The number of rotatable bonds is 4. The zero-order valence-electron chi connectivity index (χ0n) is 14.5. The number of benzene rings is 2. The van der Waals surface area contributed by atoms with Gasteiger partial charge in [0.15, 0.2) is 5.69 Å². The average Bonchev–Trinajstić information content (AvgIpc) is 3.07. The third-order valence-electron chi connectivity index (χ3n) is 3.88. The van der Waals surface area contributed by atoms with Crippen LogP contribution < -0.4 is 0 Å². The van der Waals surface area contributed by atoms with Crippen LogP contribution in [-0.4, -0.2) is 41.0 Å². The summed E-state index contributed by atoms with van der Waals surface area (Å²) in [7, 11) is 2.43. The van der Waals surface area contributed by atoms with Crippen LogP contribution in [0.3, 0.4) is 0 Å². The van der Waals surface area contributed by atoms with Gasteiger partial charge in [0.2, 0.25) is 0 Å². The van der Waals surface area contributed by atoms with Crippen LogP contribution in [0.2, 0.25) is 0 Å². The van der Waals surface area contributed by atoms with Gasteiger partial charge in [-0.25, -0.2) is 14.3 Å². The summed E-state index contributed by atoms with van der Waals surface area (Å²) in [5.41, 5.74) is 0.865. The van der Waals surface area contributed by atoms with Crippen molar-refractivity contribution in [3.63, 3.8) is 0 Å². The first-order valence-electron chi connectivity index (χ1n) is 7.82. The van der Waals surface area contributed by atoms with E-state index < -0.39 is 11.9 Å². The molecule has 0 saturated carbocycles. The molecule has 0 aliphatic carbocycles. The lowest BCUT2D eigenvalue weighted by molar-refractivity contribution is 0.0549. The number of hydrogen-bond donors (Lipinski definition) is 1. The van der Waals surface area contributed by atoms with Crippen molar-refractivity contribution >= 4 is 34.5 Å². The van der Waals surface area contributed by atoms with E-state index in [0.717, 1.165) is 0 Å². The summed E-state index contributed by atoms with van der Waals surface area (Å²) in [5.74, 6) is -1.57. The molecule has 0 bridgehead atoms. The summed E-state index contributed by atoms with van der Waals surface area (Å²) < 4.78 is 11.7. The summed E-state index contributed by atoms with van der Waals surface area (Å²) in [6.45, 7) is 0. The predicted octanol–water partition coefficient (Wildman–Crippen LogP) is 3.42. The minimum atomic E-state index is -0.758. The Bertz CT molecular complexity index is 994. The standard InChI is InChI=1S/C19H15IN2O5/c1-26-18(24)15-16(14-12(20)9-6-10-13(14)23)21-22(17(15)19(25)27-2)11-7-4-3-5-8-11/h3-10,23H,1-2H3. The van der Waals surface area contributed by atoms with Gasteiger partial charge in [-0.15, -0.1) is 0 Å². The maximum atomic E-state index is 12.5. The summed E-state index contributed by atoms with van der Waals surface area (Å²) in [5, 5.41) is 14.8. The van der Waals surface area contributed by atoms with Crippen molar-refractivity contribution in [3.8, 4) is 22.7 Å². The van der Waals surface area contributed by atoms with Crippen molar-refractivity contribution in [2.75, 3.05) is 14.2 Å². The number of carbonyl (C=O) groups is 2. The molecule has 1 aromatic heterocycles. The molecule has 0 aliphatic rings. The predicted molar refractivity (Wildman–Crippen MR) is 106 cm³/mol. The van der Waals surface area contributed by atoms with Crippen LogP contribution in [0.1, 0.15) is 20.8 Å². The number of para-hydroxylation sites is 1. The van der Waals surface area contributed by atoms with Crippen LogP contribution in [0.25, 0.3) is 16.9 Å². The van der Waals surface area contributed by atoms with E-state index in [4.69, 9.17) is 9.47 Å². The first kappa shape index (κ1) is 18.9. The molecule has 0 spiro atoms. The van der Waals surface area contributed by atoms with E-state index in [1.54, 1.807) is 36.4 Å². The quantitative estimate of drug-likeness (QED) is 0.457. The maximum Gasteiger partial charge on any atom is 0.357 e. The van der Waals surface area contributed by atoms with Gasteiger partial charge in [-0.1, -0.05) is 24.3 Å².